The third-order valence-corrected chi connectivity index (χ3v) is 3.23. The Labute approximate surface area is 107 Å². The van der Waals surface area contributed by atoms with E-state index in [2.05, 4.69) is 18.8 Å². The molecule has 1 aromatic heterocycles. The molecular formula is C14H19N3O. The van der Waals surface area contributed by atoms with Crippen molar-refractivity contribution in [3.63, 3.8) is 0 Å². The van der Waals surface area contributed by atoms with Crippen LogP contribution in [0.3, 0.4) is 0 Å². The van der Waals surface area contributed by atoms with Crippen molar-refractivity contribution in [3.05, 3.63) is 40.4 Å². The Kier molecular flexibility index (Phi) is 3.36. The van der Waals surface area contributed by atoms with Crippen LogP contribution in [0.2, 0.25) is 0 Å². The number of aromatic nitrogens is 2. The van der Waals surface area contributed by atoms with Gasteiger partial charge in [0.25, 0.3) is 5.56 Å². The van der Waals surface area contributed by atoms with Gasteiger partial charge in [0.05, 0.1) is 10.9 Å². The van der Waals surface area contributed by atoms with Gasteiger partial charge < -0.3 is 5.01 Å². The largest absolute Gasteiger partial charge is 0.315 e. The molecule has 18 heavy (non-hydrogen) atoms. The SMILES string of the molecule is CCC(C)c1nc2ccccc2c(=O)n1N(C)C. The molecule has 0 aliphatic heterocycles. The number of fused-ring (bicyclic) bond motifs is 1. The maximum atomic E-state index is 12.5. The molecule has 0 amide bonds. The summed E-state index contributed by atoms with van der Waals surface area (Å²) in [4.78, 5) is 17.1. The van der Waals surface area contributed by atoms with Crippen molar-refractivity contribution in [1.82, 2.24) is 9.66 Å². The van der Waals surface area contributed by atoms with Crippen LogP contribution in [0.1, 0.15) is 32.0 Å². The second kappa shape index (κ2) is 4.80. The van der Waals surface area contributed by atoms with Crippen molar-refractivity contribution < 1.29 is 0 Å². The molecule has 0 radical (unpaired) electrons. The summed E-state index contributed by atoms with van der Waals surface area (Å²) in [7, 11) is 3.73. The number of benzene rings is 1. The summed E-state index contributed by atoms with van der Waals surface area (Å²) in [5.74, 6) is 1.08. The molecule has 4 nitrogen and oxygen atoms in total. The van der Waals surface area contributed by atoms with E-state index in [4.69, 9.17) is 0 Å². The third kappa shape index (κ3) is 1.98. The summed E-state index contributed by atoms with van der Waals surface area (Å²) in [6.07, 6.45) is 0.957. The van der Waals surface area contributed by atoms with E-state index < -0.39 is 0 Å². The first kappa shape index (κ1) is 12.6. The summed E-state index contributed by atoms with van der Waals surface area (Å²) in [6, 6.07) is 7.50. The summed E-state index contributed by atoms with van der Waals surface area (Å²) in [6.45, 7) is 4.20. The summed E-state index contributed by atoms with van der Waals surface area (Å²) >= 11 is 0. The molecule has 0 spiro atoms. The highest BCUT2D eigenvalue weighted by Gasteiger charge is 2.16. The number of nitrogens with zero attached hydrogens (tertiary/aromatic N) is 3. The highest BCUT2D eigenvalue weighted by Crippen LogP contribution is 2.17. The summed E-state index contributed by atoms with van der Waals surface area (Å²) < 4.78 is 1.66. The number of para-hydroxylation sites is 1. The number of rotatable bonds is 3. The van der Waals surface area contributed by atoms with E-state index in [1.807, 2.05) is 38.4 Å². The van der Waals surface area contributed by atoms with Crippen LogP contribution in [0, 0.1) is 0 Å². The van der Waals surface area contributed by atoms with Gasteiger partial charge in [0.15, 0.2) is 0 Å². The van der Waals surface area contributed by atoms with Crippen LogP contribution in [0.15, 0.2) is 29.1 Å². The third-order valence-electron chi connectivity index (χ3n) is 3.23. The first-order valence-corrected chi connectivity index (χ1v) is 6.25. The molecule has 0 saturated carbocycles. The van der Waals surface area contributed by atoms with Gasteiger partial charge in [-0.15, -0.1) is 0 Å². The molecule has 0 N–H and O–H groups in total. The number of hydrogen-bond acceptors (Lipinski definition) is 3. The van der Waals surface area contributed by atoms with Crippen molar-refractivity contribution in [3.8, 4) is 0 Å². The molecule has 0 aliphatic rings. The van der Waals surface area contributed by atoms with Crippen molar-refractivity contribution >= 4 is 10.9 Å². The van der Waals surface area contributed by atoms with Crippen LogP contribution in [0.5, 0.6) is 0 Å². The van der Waals surface area contributed by atoms with Gasteiger partial charge in [-0.2, -0.15) is 0 Å². The van der Waals surface area contributed by atoms with E-state index in [-0.39, 0.29) is 11.5 Å². The van der Waals surface area contributed by atoms with E-state index in [0.717, 1.165) is 17.8 Å². The van der Waals surface area contributed by atoms with Crippen LogP contribution < -0.4 is 10.6 Å². The van der Waals surface area contributed by atoms with Crippen molar-refractivity contribution in [1.29, 1.82) is 0 Å². The lowest BCUT2D eigenvalue weighted by Gasteiger charge is -2.23. The standard InChI is InChI=1S/C14H19N3O/c1-5-10(2)13-15-12-9-7-6-8-11(12)14(18)17(13)16(3)4/h6-10H,5H2,1-4H3. The van der Waals surface area contributed by atoms with Crippen LogP contribution in [-0.4, -0.2) is 23.8 Å². The highest BCUT2D eigenvalue weighted by atomic mass is 16.1. The van der Waals surface area contributed by atoms with Gasteiger partial charge in [0.1, 0.15) is 5.82 Å². The summed E-state index contributed by atoms with van der Waals surface area (Å²) in [5.41, 5.74) is 0.775. The minimum absolute atomic E-state index is 0.000833. The van der Waals surface area contributed by atoms with Crippen molar-refractivity contribution in [2.24, 2.45) is 0 Å². The quantitative estimate of drug-likeness (QED) is 0.831. The Morgan fingerprint density at radius 2 is 2.00 bits per heavy atom. The van der Waals surface area contributed by atoms with E-state index in [1.165, 1.54) is 0 Å². The lowest BCUT2D eigenvalue weighted by Crippen LogP contribution is -2.39. The average molecular weight is 245 g/mol. The molecule has 0 fully saturated rings. The fourth-order valence-corrected chi connectivity index (χ4v) is 2.03. The molecule has 1 unspecified atom stereocenters. The molecule has 96 valence electrons. The first-order valence-electron chi connectivity index (χ1n) is 6.25. The zero-order chi connectivity index (χ0) is 13.3. The predicted molar refractivity (Wildman–Crippen MR) is 74.8 cm³/mol. The lowest BCUT2D eigenvalue weighted by molar-refractivity contribution is 0.573. The van der Waals surface area contributed by atoms with E-state index in [0.29, 0.717) is 5.39 Å². The minimum Gasteiger partial charge on any atom is -0.315 e. The molecule has 2 aromatic rings. The highest BCUT2D eigenvalue weighted by molar-refractivity contribution is 5.77. The Hall–Kier alpha value is -1.84. The van der Waals surface area contributed by atoms with Gasteiger partial charge >= 0.3 is 0 Å². The predicted octanol–water partition coefficient (Wildman–Crippen LogP) is 2.11. The smallest absolute Gasteiger partial charge is 0.280 e. The average Bonchev–Trinajstić information content (AvgIpc) is 2.37. The zero-order valence-electron chi connectivity index (χ0n) is 11.3. The van der Waals surface area contributed by atoms with Gasteiger partial charge in [-0.25, -0.2) is 9.66 Å². The molecule has 1 atom stereocenters. The minimum atomic E-state index is 0.000833. The molecule has 0 saturated heterocycles. The Morgan fingerprint density at radius 3 is 2.61 bits per heavy atom. The van der Waals surface area contributed by atoms with Crippen LogP contribution >= 0.6 is 0 Å². The topological polar surface area (TPSA) is 38.1 Å². The fourth-order valence-electron chi connectivity index (χ4n) is 2.03. The number of hydrogen-bond donors (Lipinski definition) is 0. The maximum absolute atomic E-state index is 12.5. The van der Waals surface area contributed by atoms with Gasteiger partial charge in [-0.3, -0.25) is 4.79 Å². The maximum Gasteiger partial charge on any atom is 0.280 e. The monoisotopic (exact) mass is 245 g/mol. The Bertz CT molecular complexity index is 616. The molecule has 1 heterocycles. The Balaban J connectivity index is 2.83. The summed E-state index contributed by atoms with van der Waals surface area (Å²) in [5, 5.41) is 2.46. The molecule has 1 aromatic carbocycles. The van der Waals surface area contributed by atoms with Crippen molar-refractivity contribution in [2.45, 2.75) is 26.2 Å². The normalized spacial score (nSPS) is 12.7. The van der Waals surface area contributed by atoms with E-state index in [1.54, 1.807) is 9.69 Å². The first-order chi connectivity index (χ1) is 8.56. The molecule has 0 aliphatic carbocycles. The van der Waals surface area contributed by atoms with E-state index in [9.17, 15) is 4.79 Å². The fraction of sp³-hybridized carbons (Fsp3) is 0.429. The molecular weight excluding hydrogens is 226 g/mol. The molecule has 4 heteroatoms. The van der Waals surface area contributed by atoms with Crippen molar-refractivity contribution in [2.75, 3.05) is 19.1 Å². The Morgan fingerprint density at radius 1 is 1.33 bits per heavy atom. The lowest BCUT2D eigenvalue weighted by atomic mass is 10.1. The van der Waals surface area contributed by atoms with Gasteiger partial charge in [0.2, 0.25) is 0 Å². The second-order valence-electron chi connectivity index (χ2n) is 4.76. The second-order valence-corrected chi connectivity index (χ2v) is 4.76. The molecule has 2 rings (SSSR count). The molecule has 0 bridgehead atoms. The zero-order valence-corrected chi connectivity index (χ0v) is 11.3. The van der Waals surface area contributed by atoms with Gasteiger partial charge in [-0.05, 0) is 18.6 Å². The van der Waals surface area contributed by atoms with Gasteiger partial charge in [0, 0.05) is 20.0 Å². The van der Waals surface area contributed by atoms with Crippen LogP contribution in [-0.2, 0) is 0 Å². The van der Waals surface area contributed by atoms with Crippen LogP contribution in [0.25, 0.3) is 10.9 Å². The van der Waals surface area contributed by atoms with Gasteiger partial charge in [-0.1, -0.05) is 26.0 Å². The van der Waals surface area contributed by atoms with E-state index >= 15 is 0 Å². The van der Waals surface area contributed by atoms with Crippen LogP contribution in [0.4, 0.5) is 0 Å².